The van der Waals surface area contributed by atoms with Crippen molar-refractivity contribution in [1.82, 2.24) is 9.80 Å². The van der Waals surface area contributed by atoms with E-state index in [1.807, 2.05) is 24.3 Å². The second kappa shape index (κ2) is 11.8. The summed E-state index contributed by atoms with van der Waals surface area (Å²) in [6.07, 6.45) is 3.25. The van der Waals surface area contributed by atoms with E-state index < -0.39 is 0 Å². The van der Waals surface area contributed by atoms with E-state index in [9.17, 15) is 5.11 Å². The number of fused-ring (bicyclic) bond motifs is 2. The molecule has 0 aliphatic carbocycles. The Labute approximate surface area is 264 Å². The van der Waals surface area contributed by atoms with Crippen LogP contribution in [0.1, 0.15) is 45.5 Å². The van der Waals surface area contributed by atoms with E-state index in [0.29, 0.717) is 40.2 Å². The minimum absolute atomic E-state index is 0.0254. The molecule has 4 aliphatic rings. The second-order valence-corrected chi connectivity index (χ2v) is 12.3. The van der Waals surface area contributed by atoms with Gasteiger partial charge in [0.2, 0.25) is 5.75 Å². The molecule has 8 nitrogen and oxygen atoms in total. The lowest BCUT2D eigenvalue weighted by Gasteiger charge is -2.37. The van der Waals surface area contributed by atoms with Crippen LogP contribution in [0.4, 0.5) is 0 Å². The molecule has 4 aromatic carbocycles. The minimum atomic E-state index is 0.0254. The standard InChI is InChI=1S/C37H40N2O6/c1-38-14-12-24-19-32(41-3)33-21-27(24)28(38)17-23-8-11-30(40)31(18-23)44-26-9-6-22(7-10-26)16-29-35-25(13-15-39(29)2)20-34(42-4)36(43-5)37(35)45-33/h6-11,18-21,28-29,40H,12-17H2,1-5H3/t28-,29-/m0/s1. The van der Waals surface area contributed by atoms with Crippen LogP contribution in [0.5, 0.6) is 46.0 Å². The highest BCUT2D eigenvalue weighted by molar-refractivity contribution is 5.63. The number of phenols is 1. The van der Waals surface area contributed by atoms with Crippen LogP contribution in [0, 0.1) is 0 Å². The van der Waals surface area contributed by atoms with Crippen LogP contribution >= 0.6 is 0 Å². The fraction of sp³-hybridized carbons (Fsp3) is 0.351. The molecule has 1 N–H and O–H groups in total. The molecule has 0 unspecified atom stereocenters. The maximum absolute atomic E-state index is 10.7. The summed E-state index contributed by atoms with van der Waals surface area (Å²) in [7, 11) is 9.34. The van der Waals surface area contributed by atoms with Crippen molar-refractivity contribution < 1.29 is 28.8 Å². The Morgan fingerprint density at radius 3 is 2.09 bits per heavy atom. The molecule has 4 aliphatic heterocycles. The largest absolute Gasteiger partial charge is 0.504 e. The van der Waals surface area contributed by atoms with Gasteiger partial charge in [-0.3, -0.25) is 9.80 Å². The highest BCUT2D eigenvalue weighted by Gasteiger charge is 2.34. The van der Waals surface area contributed by atoms with Gasteiger partial charge in [-0.2, -0.15) is 0 Å². The molecule has 6 bridgehead atoms. The van der Waals surface area contributed by atoms with Crippen molar-refractivity contribution in [1.29, 1.82) is 0 Å². The monoisotopic (exact) mass is 608 g/mol. The van der Waals surface area contributed by atoms with Crippen LogP contribution in [0.3, 0.4) is 0 Å². The van der Waals surface area contributed by atoms with Crippen molar-refractivity contribution in [2.45, 2.75) is 37.8 Å². The molecule has 0 saturated carbocycles. The van der Waals surface area contributed by atoms with Crippen molar-refractivity contribution >= 4 is 0 Å². The zero-order chi connectivity index (χ0) is 31.2. The summed E-state index contributed by atoms with van der Waals surface area (Å²) in [5.74, 6) is 4.44. The topological polar surface area (TPSA) is 72.9 Å². The Hall–Kier alpha value is -4.40. The van der Waals surface area contributed by atoms with Crippen molar-refractivity contribution in [3.63, 3.8) is 0 Å². The summed E-state index contributed by atoms with van der Waals surface area (Å²) in [5, 5.41) is 10.7. The van der Waals surface area contributed by atoms with Crippen LogP contribution in [-0.4, -0.2) is 63.4 Å². The van der Waals surface area contributed by atoms with E-state index >= 15 is 0 Å². The van der Waals surface area contributed by atoms with Crippen molar-refractivity contribution in [3.05, 3.63) is 94.0 Å². The molecule has 234 valence electrons. The van der Waals surface area contributed by atoms with Gasteiger partial charge in [0.05, 0.1) is 21.3 Å². The third kappa shape index (κ3) is 5.32. The maximum atomic E-state index is 10.7. The molecule has 0 saturated heterocycles. The normalized spacial score (nSPS) is 19.4. The van der Waals surface area contributed by atoms with Crippen LogP contribution in [0.25, 0.3) is 0 Å². The number of likely N-dealkylation sites (N-methyl/N-ethyl adjacent to an activating group) is 2. The van der Waals surface area contributed by atoms with E-state index in [4.69, 9.17) is 23.7 Å². The molecule has 4 heterocycles. The van der Waals surface area contributed by atoms with Crippen molar-refractivity contribution in [3.8, 4) is 46.0 Å². The van der Waals surface area contributed by atoms with Gasteiger partial charge in [-0.15, -0.1) is 0 Å². The number of hydrogen-bond donors (Lipinski definition) is 1. The molecule has 8 heteroatoms. The first-order chi connectivity index (χ1) is 21.9. The van der Waals surface area contributed by atoms with E-state index in [1.165, 1.54) is 16.7 Å². The number of ether oxygens (including phenoxy) is 5. The maximum Gasteiger partial charge on any atom is 0.204 e. The molecule has 4 aromatic rings. The fourth-order valence-corrected chi connectivity index (χ4v) is 7.11. The average Bonchev–Trinajstić information content (AvgIpc) is 3.05. The molecule has 45 heavy (non-hydrogen) atoms. The number of phenolic OH excluding ortho intramolecular Hbond substituents is 1. The van der Waals surface area contributed by atoms with Crippen LogP contribution in [-0.2, 0) is 25.7 Å². The Bertz CT molecular complexity index is 1740. The molecule has 0 fully saturated rings. The SMILES string of the molecule is COc1cc2c3cc1Oc1c(OC)c(OC)cc4c1[C@H](Cc1ccc(cc1)Oc1cc(ccc1O)C[C@@H]3N(C)CC2)N(C)CC4. The van der Waals surface area contributed by atoms with Gasteiger partial charge >= 0.3 is 0 Å². The van der Waals surface area contributed by atoms with Crippen LogP contribution < -0.4 is 23.7 Å². The average molecular weight is 609 g/mol. The van der Waals surface area contributed by atoms with Crippen molar-refractivity contribution in [2.75, 3.05) is 48.5 Å². The third-order valence-electron chi connectivity index (χ3n) is 9.64. The number of hydrogen-bond acceptors (Lipinski definition) is 8. The lowest BCUT2D eigenvalue weighted by atomic mass is 9.87. The first kappa shape index (κ1) is 29.3. The minimum Gasteiger partial charge on any atom is -0.504 e. The molecule has 0 radical (unpaired) electrons. The highest BCUT2D eigenvalue weighted by Crippen LogP contribution is 2.51. The van der Waals surface area contributed by atoms with Gasteiger partial charge in [-0.1, -0.05) is 18.2 Å². The number of rotatable bonds is 3. The molecule has 8 rings (SSSR count). The molecule has 0 spiro atoms. The first-order valence-corrected chi connectivity index (χ1v) is 15.5. The molecule has 2 atom stereocenters. The summed E-state index contributed by atoms with van der Waals surface area (Å²) < 4.78 is 31.0. The van der Waals surface area contributed by atoms with Gasteiger partial charge in [0, 0.05) is 30.7 Å². The number of aromatic hydroxyl groups is 1. The Kier molecular flexibility index (Phi) is 7.71. The van der Waals surface area contributed by atoms with Gasteiger partial charge in [0.15, 0.2) is 34.5 Å². The number of nitrogens with zero attached hydrogens (tertiary/aromatic N) is 2. The summed E-state index contributed by atoms with van der Waals surface area (Å²) in [4.78, 5) is 4.75. The van der Waals surface area contributed by atoms with Gasteiger partial charge in [-0.05, 0) is 110 Å². The predicted octanol–water partition coefficient (Wildman–Crippen LogP) is 6.86. The summed E-state index contributed by atoms with van der Waals surface area (Å²) in [6.45, 7) is 1.82. The van der Waals surface area contributed by atoms with Crippen molar-refractivity contribution in [2.24, 2.45) is 0 Å². The van der Waals surface area contributed by atoms with Crippen LogP contribution in [0.15, 0.2) is 60.7 Å². The zero-order valence-electron chi connectivity index (χ0n) is 26.6. The highest BCUT2D eigenvalue weighted by atomic mass is 16.5. The van der Waals surface area contributed by atoms with E-state index in [1.54, 1.807) is 27.4 Å². The fourth-order valence-electron chi connectivity index (χ4n) is 7.11. The summed E-state index contributed by atoms with van der Waals surface area (Å²) >= 11 is 0. The van der Waals surface area contributed by atoms with E-state index in [-0.39, 0.29) is 17.8 Å². The zero-order valence-corrected chi connectivity index (χ0v) is 26.6. The number of methoxy groups -OCH3 is 3. The molecule has 0 aromatic heterocycles. The lowest BCUT2D eigenvalue weighted by Crippen LogP contribution is -2.34. The van der Waals surface area contributed by atoms with Crippen LogP contribution in [0.2, 0.25) is 0 Å². The van der Waals surface area contributed by atoms with Gasteiger partial charge in [0.1, 0.15) is 5.75 Å². The Morgan fingerprint density at radius 2 is 1.36 bits per heavy atom. The molecular formula is C37H40N2O6. The summed E-state index contributed by atoms with van der Waals surface area (Å²) in [5.41, 5.74) is 6.93. The van der Waals surface area contributed by atoms with Gasteiger partial charge < -0.3 is 28.8 Å². The number of benzene rings is 4. The van der Waals surface area contributed by atoms with Gasteiger partial charge in [0.25, 0.3) is 0 Å². The van der Waals surface area contributed by atoms with E-state index in [2.05, 4.69) is 54.2 Å². The Balaban J connectivity index is 1.46. The smallest absolute Gasteiger partial charge is 0.204 e. The lowest BCUT2D eigenvalue weighted by molar-refractivity contribution is 0.220. The second-order valence-electron chi connectivity index (χ2n) is 12.3. The van der Waals surface area contributed by atoms with E-state index in [0.717, 1.165) is 55.5 Å². The molecule has 0 amide bonds. The summed E-state index contributed by atoms with van der Waals surface area (Å²) in [6, 6.07) is 20.2. The first-order valence-electron chi connectivity index (χ1n) is 15.5. The van der Waals surface area contributed by atoms with Gasteiger partial charge in [-0.25, -0.2) is 0 Å². The molecular weight excluding hydrogens is 568 g/mol. The Morgan fingerprint density at radius 1 is 0.689 bits per heavy atom. The predicted molar refractivity (Wildman–Crippen MR) is 173 cm³/mol. The quantitative estimate of drug-likeness (QED) is 0.271. The third-order valence-corrected chi connectivity index (χ3v) is 9.64.